The summed E-state index contributed by atoms with van der Waals surface area (Å²) in [6.45, 7) is 3.64. The second kappa shape index (κ2) is 7.08. The molecule has 1 atom stereocenters. The molecule has 0 bridgehead atoms. The van der Waals surface area contributed by atoms with Gasteiger partial charge in [-0.15, -0.1) is 0 Å². The minimum Gasteiger partial charge on any atom is -0.463 e. The Bertz CT molecular complexity index is 761. The first-order chi connectivity index (χ1) is 11.1. The van der Waals surface area contributed by atoms with Gasteiger partial charge in [0.25, 0.3) is 0 Å². The number of hydrogen-bond acceptors (Lipinski definition) is 6. The summed E-state index contributed by atoms with van der Waals surface area (Å²) >= 11 is 5.98. The van der Waals surface area contributed by atoms with Gasteiger partial charge in [-0.3, -0.25) is 0 Å². The summed E-state index contributed by atoms with van der Waals surface area (Å²) in [5, 5.41) is 0.0394. The number of benzene rings is 1. The molecule has 132 valence electrons. The Morgan fingerprint density at radius 3 is 2.62 bits per heavy atom. The van der Waals surface area contributed by atoms with Crippen molar-refractivity contribution < 1.29 is 27.5 Å². The summed E-state index contributed by atoms with van der Waals surface area (Å²) in [6, 6.07) is 3.53. The molecule has 0 radical (unpaired) electrons. The van der Waals surface area contributed by atoms with Crippen LogP contribution in [0, 0.1) is 0 Å². The first kappa shape index (κ1) is 18.7. The molecule has 0 aliphatic carbocycles. The number of cyclic esters (lactones) is 1. The zero-order valence-corrected chi connectivity index (χ0v) is 15.1. The van der Waals surface area contributed by atoms with Gasteiger partial charge in [-0.05, 0) is 32.0 Å². The van der Waals surface area contributed by atoms with Crippen molar-refractivity contribution in [2.75, 3.05) is 13.7 Å². The van der Waals surface area contributed by atoms with Crippen LogP contribution in [0.25, 0.3) is 0 Å². The van der Waals surface area contributed by atoms with Crippen LogP contribution in [0.4, 0.5) is 0 Å². The SMILES string of the molecule is CC(C)N(C)S(=O)(=O)c1ccc(Cl)c(C(=O)O[C@@H]2CCOC2=O)c1. The van der Waals surface area contributed by atoms with Gasteiger partial charge < -0.3 is 9.47 Å². The van der Waals surface area contributed by atoms with Gasteiger partial charge >= 0.3 is 11.9 Å². The topological polar surface area (TPSA) is 90.0 Å². The Labute approximate surface area is 145 Å². The quantitative estimate of drug-likeness (QED) is 0.729. The number of hydrogen-bond donors (Lipinski definition) is 0. The van der Waals surface area contributed by atoms with Gasteiger partial charge in [0.2, 0.25) is 16.1 Å². The Morgan fingerprint density at radius 2 is 2.08 bits per heavy atom. The minimum absolute atomic E-state index is 0.0394. The smallest absolute Gasteiger partial charge is 0.347 e. The third-order valence-electron chi connectivity index (χ3n) is 3.70. The molecule has 0 saturated carbocycles. The minimum atomic E-state index is -3.77. The number of rotatable bonds is 5. The predicted molar refractivity (Wildman–Crippen MR) is 86.3 cm³/mol. The molecule has 0 N–H and O–H groups in total. The number of esters is 2. The molecule has 0 aromatic heterocycles. The fourth-order valence-corrected chi connectivity index (χ4v) is 3.63. The van der Waals surface area contributed by atoms with Crippen LogP contribution in [-0.4, -0.2) is 50.5 Å². The van der Waals surface area contributed by atoms with Gasteiger partial charge in [0.05, 0.1) is 22.1 Å². The van der Waals surface area contributed by atoms with Crippen molar-refractivity contribution in [3.63, 3.8) is 0 Å². The monoisotopic (exact) mass is 375 g/mol. The van der Waals surface area contributed by atoms with Crippen LogP contribution in [0.2, 0.25) is 5.02 Å². The number of halogens is 1. The van der Waals surface area contributed by atoms with Crippen molar-refractivity contribution in [1.82, 2.24) is 4.31 Å². The molecule has 1 saturated heterocycles. The fraction of sp³-hybridized carbons (Fsp3) is 0.467. The first-order valence-corrected chi connectivity index (χ1v) is 9.11. The zero-order valence-electron chi connectivity index (χ0n) is 13.5. The lowest BCUT2D eigenvalue weighted by Gasteiger charge is -2.21. The molecule has 24 heavy (non-hydrogen) atoms. The van der Waals surface area contributed by atoms with Crippen molar-refractivity contribution in [2.24, 2.45) is 0 Å². The highest BCUT2D eigenvalue weighted by atomic mass is 35.5. The maximum absolute atomic E-state index is 12.5. The van der Waals surface area contributed by atoms with E-state index in [2.05, 4.69) is 0 Å². The summed E-state index contributed by atoms with van der Waals surface area (Å²) in [4.78, 5) is 23.5. The predicted octanol–water partition coefficient (Wildman–Crippen LogP) is 1.84. The second-order valence-corrected chi connectivity index (χ2v) is 8.01. The summed E-state index contributed by atoms with van der Waals surface area (Å²) in [5.41, 5.74) is -0.116. The largest absolute Gasteiger partial charge is 0.463 e. The van der Waals surface area contributed by atoms with Crippen LogP contribution in [0.15, 0.2) is 23.1 Å². The summed E-state index contributed by atoms with van der Waals surface area (Å²) in [7, 11) is -2.33. The normalized spacial score (nSPS) is 18.1. The van der Waals surface area contributed by atoms with Crippen LogP contribution >= 0.6 is 11.6 Å². The lowest BCUT2D eigenvalue weighted by Crippen LogP contribution is -2.33. The Hall–Kier alpha value is -1.64. The molecule has 1 aliphatic rings. The van der Waals surface area contributed by atoms with Crippen LogP contribution in [-0.2, 0) is 24.3 Å². The van der Waals surface area contributed by atoms with E-state index in [0.29, 0.717) is 0 Å². The van der Waals surface area contributed by atoms with Gasteiger partial charge in [-0.1, -0.05) is 11.6 Å². The maximum atomic E-state index is 12.5. The van der Waals surface area contributed by atoms with Crippen LogP contribution in [0.5, 0.6) is 0 Å². The van der Waals surface area contributed by atoms with Crippen LogP contribution < -0.4 is 0 Å². The first-order valence-electron chi connectivity index (χ1n) is 7.29. The standard InChI is InChI=1S/C15H18ClNO6S/c1-9(2)17(3)24(20,21)10-4-5-12(16)11(8-10)14(18)23-13-6-7-22-15(13)19/h4-5,8-9,13H,6-7H2,1-3H3/t13-/m1/s1. The van der Waals surface area contributed by atoms with E-state index in [1.54, 1.807) is 13.8 Å². The second-order valence-electron chi connectivity index (χ2n) is 5.61. The highest BCUT2D eigenvalue weighted by Crippen LogP contribution is 2.25. The Morgan fingerprint density at radius 1 is 1.42 bits per heavy atom. The van der Waals surface area contributed by atoms with Gasteiger partial charge in [0.15, 0.2) is 0 Å². The van der Waals surface area contributed by atoms with Crippen LogP contribution in [0.3, 0.4) is 0 Å². The van der Waals surface area contributed by atoms with E-state index in [4.69, 9.17) is 21.1 Å². The van der Waals surface area contributed by atoms with Gasteiger partial charge in [-0.2, -0.15) is 4.31 Å². The van der Waals surface area contributed by atoms with Crippen molar-refractivity contribution in [3.8, 4) is 0 Å². The number of carbonyl (C=O) groups is 2. The molecule has 0 spiro atoms. The average molecular weight is 376 g/mol. The lowest BCUT2D eigenvalue weighted by molar-refractivity contribution is -0.145. The van der Waals surface area contributed by atoms with Gasteiger partial charge in [0.1, 0.15) is 0 Å². The molecule has 0 amide bonds. The summed E-state index contributed by atoms with van der Waals surface area (Å²) in [5.74, 6) is -1.49. The van der Waals surface area contributed by atoms with E-state index in [1.807, 2.05) is 0 Å². The van der Waals surface area contributed by atoms with Crippen molar-refractivity contribution in [2.45, 2.75) is 37.3 Å². The third kappa shape index (κ3) is 3.71. The fourth-order valence-electron chi connectivity index (χ4n) is 2.04. The Balaban J connectivity index is 2.32. The maximum Gasteiger partial charge on any atom is 0.347 e. The molecule has 1 aromatic rings. The molecule has 0 unspecified atom stereocenters. The molecule has 7 nitrogen and oxygen atoms in total. The molecule has 1 aromatic carbocycles. The number of ether oxygens (including phenoxy) is 2. The van der Waals surface area contributed by atoms with E-state index < -0.39 is 28.1 Å². The van der Waals surface area contributed by atoms with Crippen LogP contribution in [0.1, 0.15) is 30.6 Å². The van der Waals surface area contributed by atoms with Crippen molar-refractivity contribution >= 4 is 33.6 Å². The van der Waals surface area contributed by atoms with Crippen molar-refractivity contribution in [1.29, 1.82) is 0 Å². The van der Waals surface area contributed by atoms with E-state index in [0.717, 1.165) is 6.07 Å². The van der Waals surface area contributed by atoms with Crippen molar-refractivity contribution in [3.05, 3.63) is 28.8 Å². The number of carbonyl (C=O) groups excluding carboxylic acids is 2. The van der Waals surface area contributed by atoms with Gasteiger partial charge in [0, 0.05) is 19.5 Å². The van der Waals surface area contributed by atoms with E-state index in [1.165, 1.54) is 23.5 Å². The molecule has 1 fully saturated rings. The molecule has 2 rings (SSSR count). The highest BCUT2D eigenvalue weighted by molar-refractivity contribution is 7.89. The number of sulfonamides is 1. The Kier molecular flexibility index (Phi) is 5.52. The lowest BCUT2D eigenvalue weighted by atomic mass is 10.2. The summed E-state index contributed by atoms with van der Waals surface area (Å²) < 4.78 is 36.0. The van der Waals surface area contributed by atoms with Gasteiger partial charge in [-0.25, -0.2) is 18.0 Å². The molecule has 1 aliphatic heterocycles. The van der Waals surface area contributed by atoms with E-state index in [-0.39, 0.29) is 34.6 Å². The third-order valence-corrected chi connectivity index (χ3v) is 6.06. The zero-order chi connectivity index (χ0) is 18.1. The molecule has 1 heterocycles. The summed E-state index contributed by atoms with van der Waals surface area (Å²) in [6.07, 6.45) is -0.733. The molecule has 9 heteroatoms. The van der Waals surface area contributed by atoms with E-state index >= 15 is 0 Å². The number of nitrogens with zero attached hydrogens (tertiary/aromatic N) is 1. The average Bonchev–Trinajstić information content (AvgIpc) is 2.91. The highest BCUT2D eigenvalue weighted by Gasteiger charge is 2.32. The van der Waals surface area contributed by atoms with E-state index in [9.17, 15) is 18.0 Å². The molecular weight excluding hydrogens is 358 g/mol. The molecular formula is C15H18ClNO6S.